The Morgan fingerprint density at radius 2 is 2.05 bits per heavy atom. The molecule has 0 aliphatic carbocycles. The third kappa shape index (κ3) is 3.78. The number of thioether (sulfide) groups is 1. The van der Waals surface area contributed by atoms with Crippen molar-refractivity contribution in [2.24, 2.45) is 5.73 Å². The van der Waals surface area contributed by atoms with E-state index in [1.165, 1.54) is 10.5 Å². The van der Waals surface area contributed by atoms with Gasteiger partial charge in [0.2, 0.25) is 0 Å². The maximum Gasteiger partial charge on any atom is 0.116 e. The molecule has 0 aliphatic rings. The lowest BCUT2D eigenvalue weighted by atomic mass is 10.2. The zero-order valence-corrected chi connectivity index (χ0v) is 13.4. The number of thiazole rings is 1. The van der Waals surface area contributed by atoms with Crippen molar-refractivity contribution >= 4 is 40.3 Å². The smallest absolute Gasteiger partial charge is 0.116 e. The number of nitrogens with two attached hydrogens (primary N) is 1. The van der Waals surface area contributed by atoms with Gasteiger partial charge in [-0.3, -0.25) is 0 Å². The van der Waals surface area contributed by atoms with Gasteiger partial charge in [-0.1, -0.05) is 36.8 Å². The van der Waals surface area contributed by atoms with Crippen LogP contribution in [0.3, 0.4) is 0 Å². The van der Waals surface area contributed by atoms with E-state index in [9.17, 15) is 0 Å². The van der Waals surface area contributed by atoms with Gasteiger partial charge in [0.15, 0.2) is 0 Å². The maximum absolute atomic E-state index is 5.72. The number of thiocarbonyl (C=S) groups is 1. The second-order valence-corrected chi connectivity index (χ2v) is 6.78. The number of aromatic nitrogens is 1. The summed E-state index contributed by atoms with van der Waals surface area (Å²) < 4.78 is 0. The molecule has 0 saturated heterocycles. The second-order valence-electron chi connectivity index (χ2n) is 4.20. The van der Waals surface area contributed by atoms with E-state index in [2.05, 4.69) is 43.1 Å². The molecule has 0 atom stereocenters. The molecule has 0 fully saturated rings. The summed E-state index contributed by atoms with van der Waals surface area (Å²) >= 11 is 8.47. The molecule has 0 spiro atoms. The average molecular weight is 308 g/mol. The molecular formula is C14H16N2S3. The Morgan fingerprint density at radius 3 is 2.58 bits per heavy atom. The van der Waals surface area contributed by atoms with E-state index in [4.69, 9.17) is 18.0 Å². The minimum Gasteiger partial charge on any atom is -0.389 e. The highest BCUT2D eigenvalue weighted by Crippen LogP contribution is 2.27. The fourth-order valence-electron chi connectivity index (χ4n) is 1.67. The van der Waals surface area contributed by atoms with Gasteiger partial charge in [-0.25, -0.2) is 4.98 Å². The highest BCUT2D eigenvalue weighted by Gasteiger charge is 2.11. The van der Waals surface area contributed by atoms with Crippen LogP contribution in [0.15, 0.2) is 29.2 Å². The molecule has 1 heterocycles. The molecule has 2 nitrogen and oxygen atoms in total. The molecule has 0 amide bonds. The molecule has 0 unspecified atom stereocenters. The summed E-state index contributed by atoms with van der Waals surface area (Å²) in [5.74, 6) is 0.864. The fraction of sp³-hybridized carbons (Fsp3) is 0.286. The number of hydrogen-bond donors (Lipinski definition) is 1. The van der Waals surface area contributed by atoms with Gasteiger partial charge in [-0.2, -0.15) is 0 Å². The monoisotopic (exact) mass is 308 g/mol. The Balaban J connectivity index is 2.07. The fourth-order valence-corrected chi connectivity index (χ4v) is 3.81. The molecule has 0 aliphatic heterocycles. The first kappa shape index (κ1) is 14.5. The standard InChI is InChI=1S/C14H16N2S3/c1-3-11-13(14(15)17)19-12(16-11)8-18-10-6-4-9(2)5-7-10/h4-7H,3,8H2,1-2H3,(H2,15,17). The van der Waals surface area contributed by atoms with E-state index in [-0.39, 0.29) is 0 Å². The van der Waals surface area contributed by atoms with Crippen LogP contribution in [0.1, 0.15) is 28.1 Å². The van der Waals surface area contributed by atoms with Crippen molar-refractivity contribution in [3.05, 3.63) is 45.4 Å². The van der Waals surface area contributed by atoms with Crippen LogP contribution in [-0.4, -0.2) is 9.97 Å². The Hall–Kier alpha value is -0.910. The van der Waals surface area contributed by atoms with Crippen molar-refractivity contribution in [2.75, 3.05) is 0 Å². The van der Waals surface area contributed by atoms with Crippen LogP contribution >= 0.6 is 35.3 Å². The molecule has 100 valence electrons. The summed E-state index contributed by atoms with van der Waals surface area (Å²) in [5.41, 5.74) is 8.03. The summed E-state index contributed by atoms with van der Waals surface area (Å²) in [6.45, 7) is 4.17. The van der Waals surface area contributed by atoms with Crippen molar-refractivity contribution in [1.29, 1.82) is 0 Å². The SMILES string of the molecule is CCc1nc(CSc2ccc(C)cc2)sc1C(N)=S. The van der Waals surface area contributed by atoms with Gasteiger partial charge in [0.25, 0.3) is 0 Å². The Labute approximate surface area is 127 Å². The highest BCUT2D eigenvalue weighted by molar-refractivity contribution is 7.98. The molecule has 1 aromatic carbocycles. The first-order valence-electron chi connectivity index (χ1n) is 6.08. The molecule has 2 rings (SSSR count). The number of nitrogens with zero attached hydrogens (tertiary/aromatic N) is 1. The predicted molar refractivity (Wildman–Crippen MR) is 88.1 cm³/mol. The van der Waals surface area contributed by atoms with Crippen LogP contribution in [0.5, 0.6) is 0 Å². The summed E-state index contributed by atoms with van der Waals surface area (Å²) in [5, 5.41) is 1.09. The van der Waals surface area contributed by atoms with Crippen molar-refractivity contribution < 1.29 is 0 Å². The summed E-state index contributed by atoms with van der Waals surface area (Å²) in [4.78, 5) is 7.30. The van der Waals surface area contributed by atoms with E-state index in [0.717, 1.165) is 27.8 Å². The van der Waals surface area contributed by atoms with Crippen molar-refractivity contribution in [3.63, 3.8) is 0 Å². The lowest BCUT2D eigenvalue weighted by Gasteiger charge is -1.99. The van der Waals surface area contributed by atoms with E-state index in [1.807, 2.05) is 0 Å². The first-order valence-corrected chi connectivity index (χ1v) is 8.29. The zero-order valence-electron chi connectivity index (χ0n) is 11.0. The van der Waals surface area contributed by atoms with Crippen LogP contribution in [0, 0.1) is 6.92 Å². The van der Waals surface area contributed by atoms with Gasteiger partial charge in [0, 0.05) is 4.90 Å². The molecule has 0 saturated carbocycles. The quantitative estimate of drug-likeness (QED) is 0.671. The van der Waals surface area contributed by atoms with Crippen LogP contribution < -0.4 is 5.73 Å². The van der Waals surface area contributed by atoms with Gasteiger partial charge in [-0.15, -0.1) is 23.1 Å². The number of benzene rings is 1. The average Bonchev–Trinajstić information content (AvgIpc) is 2.81. The second kappa shape index (κ2) is 6.50. The van der Waals surface area contributed by atoms with Gasteiger partial charge in [0.05, 0.1) is 16.3 Å². The molecule has 0 radical (unpaired) electrons. The first-order chi connectivity index (χ1) is 9.10. The summed E-state index contributed by atoms with van der Waals surface area (Å²) in [6, 6.07) is 8.54. The molecule has 5 heteroatoms. The maximum atomic E-state index is 5.72. The molecular weight excluding hydrogens is 292 g/mol. The number of hydrogen-bond acceptors (Lipinski definition) is 4. The van der Waals surface area contributed by atoms with Gasteiger partial charge in [-0.05, 0) is 25.5 Å². The number of rotatable bonds is 5. The van der Waals surface area contributed by atoms with E-state index >= 15 is 0 Å². The molecule has 2 N–H and O–H groups in total. The third-order valence-corrected chi connectivity index (χ3v) is 5.35. The number of aryl methyl sites for hydroxylation is 2. The van der Waals surface area contributed by atoms with Crippen LogP contribution in [-0.2, 0) is 12.2 Å². The van der Waals surface area contributed by atoms with Gasteiger partial charge < -0.3 is 5.73 Å². The van der Waals surface area contributed by atoms with Crippen molar-refractivity contribution in [3.8, 4) is 0 Å². The Kier molecular flexibility index (Phi) is 4.96. The molecule has 0 bridgehead atoms. The zero-order chi connectivity index (χ0) is 13.8. The van der Waals surface area contributed by atoms with E-state index in [1.54, 1.807) is 23.1 Å². The van der Waals surface area contributed by atoms with Gasteiger partial charge >= 0.3 is 0 Å². The topological polar surface area (TPSA) is 38.9 Å². The lowest BCUT2D eigenvalue weighted by Crippen LogP contribution is -2.09. The normalized spacial score (nSPS) is 10.6. The van der Waals surface area contributed by atoms with E-state index in [0.29, 0.717) is 4.99 Å². The Bertz CT molecular complexity index is 573. The summed E-state index contributed by atoms with van der Waals surface area (Å²) in [7, 11) is 0. The lowest BCUT2D eigenvalue weighted by molar-refractivity contribution is 1.04. The van der Waals surface area contributed by atoms with Crippen LogP contribution in [0.2, 0.25) is 0 Å². The van der Waals surface area contributed by atoms with Crippen LogP contribution in [0.4, 0.5) is 0 Å². The molecule has 1 aromatic heterocycles. The highest BCUT2D eigenvalue weighted by atomic mass is 32.2. The van der Waals surface area contributed by atoms with E-state index < -0.39 is 0 Å². The third-order valence-electron chi connectivity index (χ3n) is 2.68. The van der Waals surface area contributed by atoms with Crippen molar-refractivity contribution in [2.45, 2.75) is 30.9 Å². The van der Waals surface area contributed by atoms with Gasteiger partial charge in [0.1, 0.15) is 10.00 Å². The minimum absolute atomic E-state index is 0.459. The molecule has 19 heavy (non-hydrogen) atoms. The Morgan fingerprint density at radius 1 is 1.37 bits per heavy atom. The summed E-state index contributed by atoms with van der Waals surface area (Å²) in [6.07, 6.45) is 0.873. The van der Waals surface area contributed by atoms with Crippen LogP contribution in [0.25, 0.3) is 0 Å². The minimum atomic E-state index is 0.459. The molecule has 2 aromatic rings. The predicted octanol–water partition coefficient (Wildman–Crippen LogP) is 3.94. The van der Waals surface area contributed by atoms with Crippen molar-refractivity contribution in [1.82, 2.24) is 4.98 Å². The largest absolute Gasteiger partial charge is 0.389 e.